The minimum Gasteiger partial charge on any atom is -0.308 e. The van der Waals surface area contributed by atoms with E-state index in [1.54, 1.807) is 12.1 Å². The Morgan fingerprint density at radius 3 is 2.89 bits per heavy atom. The lowest BCUT2D eigenvalue weighted by molar-refractivity contribution is -0.117. The molecule has 0 bridgehead atoms. The molecule has 0 spiro atoms. The van der Waals surface area contributed by atoms with Gasteiger partial charge in [0.15, 0.2) is 11.0 Å². The van der Waals surface area contributed by atoms with Crippen LogP contribution in [0.1, 0.15) is 32.1 Å². The number of carbonyl (C=O) groups excluding carboxylic acids is 1. The first-order valence-electron chi connectivity index (χ1n) is 6.78. The second-order valence-corrected chi connectivity index (χ2v) is 5.72. The minimum atomic E-state index is -0.106. The summed E-state index contributed by atoms with van der Waals surface area (Å²) >= 11 is 5.66. The predicted molar refractivity (Wildman–Crippen MR) is 73.0 cm³/mol. The van der Waals surface area contributed by atoms with E-state index in [0.29, 0.717) is 22.9 Å². The van der Waals surface area contributed by atoms with Crippen molar-refractivity contribution in [2.75, 3.05) is 5.32 Å². The number of hydrogen-bond acceptors (Lipinski definition) is 4. The molecule has 1 amide bonds. The highest BCUT2D eigenvalue weighted by Gasteiger charge is 2.38. The van der Waals surface area contributed by atoms with Gasteiger partial charge in [-0.05, 0) is 37.3 Å². The van der Waals surface area contributed by atoms with Crippen LogP contribution in [-0.2, 0) is 4.79 Å². The van der Waals surface area contributed by atoms with Crippen LogP contribution in [0, 0.1) is 5.92 Å². The lowest BCUT2D eigenvalue weighted by Gasteiger charge is -2.24. The Hall–Kier alpha value is -1.20. The van der Waals surface area contributed by atoms with Crippen LogP contribution in [0.2, 0.25) is 5.15 Å². The molecule has 6 heteroatoms. The van der Waals surface area contributed by atoms with Crippen molar-refractivity contribution in [3.63, 3.8) is 0 Å². The molecule has 5 nitrogen and oxygen atoms in total. The molecule has 2 N–H and O–H groups in total. The SMILES string of the molecule is O=C(Nc1ccc(Cl)nn1)C1CC2CCCCC2N1. The lowest BCUT2D eigenvalue weighted by Crippen LogP contribution is -2.40. The molecule has 2 heterocycles. The highest BCUT2D eigenvalue weighted by molar-refractivity contribution is 6.29. The fraction of sp³-hybridized carbons (Fsp3) is 0.615. The third kappa shape index (κ3) is 2.87. The first kappa shape index (κ1) is 12.8. The number of fused-ring (bicyclic) bond motifs is 1. The van der Waals surface area contributed by atoms with Crippen molar-refractivity contribution < 1.29 is 4.79 Å². The Kier molecular flexibility index (Phi) is 3.66. The van der Waals surface area contributed by atoms with Crippen LogP contribution in [0.25, 0.3) is 0 Å². The zero-order chi connectivity index (χ0) is 13.2. The number of halogens is 1. The largest absolute Gasteiger partial charge is 0.308 e. The normalized spacial score (nSPS) is 29.8. The van der Waals surface area contributed by atoms with Crippen LogP contribution in [0.4, 0.5) is 5.82 Å². The molecule has 0 aromatic carbocycles. The molecule has 3 unspecified atom stereocenters. The van der Waals surface area contributed by atoms with Gasteiger partial charge in [-0.3, -0.25) is 4.79 Å². The Balaban J connectivity index is 1.60. The molecule has 1 aromatic rings. The van der Waals surface area contributed by atoms with Gasteiger partial charge in [-0.2, -0.15) is 0 Å². The molecule has 3 atom stereocenters. The van der Waals surface area contributed by atoms with Crippen LogP contribution in [0.15, 0.2) is 12.1 Å². The fourth-order valence-corrected chi connectivity index (χ4v) is 3.22. The quantitative estimate of drug-likeness (QED) is 0.869. The Labute approximate surface area is 117 Å². The molecular formula is C13H17ClN4O. The van der Waals surface area contributed by atoms with E-state index in [0.717, 1.165) is 6.42 Å². The van der Waals surface area contributed by atoms with Crippen LogP contribution < -0.4 is 10.6 Å². The van der Waals surface area contributed by atoms with E-state index in [1.807, 2.05) is 0 Å². The summed E-state index contributed by atoms with van der Waals surface area (Å²) in [6.45, 7) is 0. The predicted octanol–water partition coefficient (Wildman–Crippen LogP) is 1.99. The van der Waals surface area contributed by atoms with Gasteiger partial charge in [-0.1, -0.05) is 24.4 Å². The smallest absolute Gasteiger partial charge is 0.242 e. The van der Waals surface area contributed by atoms with E-state index in [4.69, 9.17) is 11.6 Å². The summed E-state index contributed by atoms with van der Waals surface area (Å²) in [4.78, 5) is 12.2. The Bertz CT molecular complexity index is 450. The summed E-state index contributed by atoms with van der Waals surface area (Å²) in [6, 6.07) is 3.69. The molecule has 2 aliphatic rings. The summed E-state index contributed by atoms with van der Waals surface area (Å²) in [5.41, 5.74) is 0. The fourth-order valence-electron chi connectivity index (χ4n) is 3.12. The van der Waals surface area contributed by atoms with Gasteiger partial charge in [0, 0.05) is 6.04 Å². The van der Waals surface area contributed by atoms with E-state index in [-0.39, 0.29) is 11.9 Å². The molecule has 1 aliphatic heterocycles. The number of hydrogen-bond donors (Lipinski definition) is 2. The van der Waals surface area contributed by atoms with Crippen molar-refractivity contribution in [1.29, 1.82) is 0 Å². The Morgan fingerprint density at radius 2 is 2.16 bits per heavy atom. The van der Waals surface area contributed by atoms with Crippen LogP contribution in [-0.4, -0.2) is 28.2 Å². The van der Waals surface area contributed by atoms with Gasteiger partial charge >= 0.3 is 0 Å². The van der Waals surface area contributed by atoms with Crippen molar-refractivity contribution in [3.05, 3.63) is 17.3 Å². The molecule has 1 aliphatic carbocycles. The first-order valence-corrected chi connectivity index (χ1v) is 7.16. The first-order chi connectivity index (χ1) is 9.22. The molecule has 3 rings (SSSR count). The van der Waals surface area contributed by atoms with E-state index in [2.05, 4.69) is 20.8 Å². The molecule has 1 saturated carbocycles. The zero-order valence-electron chi connectivity index (χ0n) is 10.6. The number of aromatic nitrogens is 2. The number of nitrogens with zero attached hydrogens (tertiary/aromatic N) is 2. The van der Waals surface area contributed by atoms with Gasteiger partial charge in [-0.15, -0.1) is 10.2 Å². The van der Waals surface area contributed by atoms with Crippen LogP contribution in [0.5, 0.6) is 0 Å². The Morgan fingerprint density at radius 1 is 1.32 bits per heavy atom. The second kappa shape index (κ2) is 5.43. The summed E-state index contributed by atoms with van der Waals surface area (Å²) < 4.78 is 0. The van der Waals surface area contributed by atoms with E-state index in [9.17, 15) is 4.79 Å². The molecular weight excluding hydrogens is 264 g/mol. The minimum absolute atomic E-state index is 0.0222. The monoisotopic (exact) mass is 280 g/mol. The molecule has 102 valence electrons. The molecule has 1 aromatic heterocycles. The lowest BCUT2D eigenvalue weighted by atomic mass is 9.85. The summed E-state index contributed by atoms with van der Waals surface area (Å²) in [5.74, 6) is 1.08. The maximum Gasteiger partial charge on any atom is 0.242 e. The van der Waals surface area contributed by atoms with Gasteiger partial charge in [-0.25, -0.2) is 0 Å². The number of nitrogens with one attached hydrogen (secondary N) is 2. The highest BCUT2D eigenvalue weighted by Crippen LogP contribution is 2.33. The topological polar surface area (TPSA) is 66.9 Å². The van der Waals surface area contributed by atoms with Crippen molar-refractivity contribution >= 4 is 23.3 Å². The maximum absolute atomic E-state index is 12.2. The summed E-state index contributed by atoms with van der Waals surface area (Å²) in [6.07, 6.45) is 5.92. The summed E-state index contributed by atoms with van der Waals surface area (Å²) in [5, 5.41) is 14.1. The molecule has 19 heavy (non-hydrogen) atoms. The van der Waals surface area contributed by atoms with E-state index < -0.39 is 0 Å². The molecule has 2 fully saturated rings. The van der Waals surface area contributed by atoms with Gasteiger partial charge in [0.05, 0.1) is 6.04 Å². The number of carbonyl (C=O) groups is 1. The van der Waals surface area contributed by atoms with Gasteiger partial charge < -0.3 is 10.6 Å². The molecule has 1 saturated heterocycles. The maximum atomic E-state index is 12.2. The van der Waals surface area contributed by atoms with Crippen molar-refractivity contribution in [2.45, 2.75) is 44.2 Å². The van der Waals surface area contributed by atoms with Gasteiger partial charge in [0.2, 0.25) is 5.91 Å². The van der Waals surface area contributed by atoms with Gasteiger partial charge in [0.25, 0.3) is 0 Å². The van der Waals surface area contributed by atoms with Crippen molar-refractivity contribution in [3.8, 4) is 0 Å². The van der Waals surface area contributed by atoms with Crippen LogP contribution >= 0.6 is 11.6 Å². The second-order valence-electron chi connectivity index (χ2n) is 5.34. The number of anilines is 1. The zero-order valence-corrected chi connectivity index (χ0v) is 11.4. The number of amides is 1. The van der Waals surface area contributed by atoms with Crippen molar-refractivity contribution in [2.24, 2.45) is 5.92 Å². The average Bonchev–Trinajstić information content (AvgIpc) is 2.85. The van der Waals surface area contributed by atoms with Gasteiger partial charge in [0.1, 0.15) is 0 Å². The standard InChI is InChI=1S/C13H17ClN4O/c14-11-5-6-12(18-17-11)16-13(19)10-7-8-3-1-2-4-9(8)15-10/h5-6,8-10,15H,1-4,7H2,(H,16,18,19). The molecule has 0 radical (unpaired) electrons. The average molecular weight is 281 g/mol. The third-order valence-corrected chi connectivity index (χ3v) is 4.26. The highest BCUT2D eigenvalue weighted by atomic mass is 35.5. The van der Waals surface area contributed by atoms with Crippen LogP contribution in [0.3, 0.4) is 0 Å². The van der Waals surface area contributed by atoms with E-state index >= 15 is 0 Å². The third-order valence-electron chi connectivity index (χ3n) is 4.06. The number of rotatable bonds is 2. The van der Waals surface area contributed by atoms with Crippen molar-refractivity contribution in [1.82, 2.24) is 15.5 Å². The van der Waals surface area contributed by atoms with E-state index in [1.165, 1.54) is 25.7 Å². The summed E-state index contributed by atoms with van der Waals surface area (Å²) in [7, 11) is 0.